The van der Waals surface area contributed by atoms with E-state index in [-0.39, 0.29) is 31.2 Å². The number of halogens is 6. The van der Waals surface area contributed by atoms with E-state index in [0.29, 0.717) is 56.0 Å². The Kier molecular flexibility index (Phi) is 8.35. The number of pyridine rings is 2. The van der Waals surface area contributed by atoms with Gasteiger partial charge < -0.3 is 9.64 Å². The molecule has 0 N–H and O–H groups in total. The van der Waals surface area contributed by atoms with Crippen molar-refractivity contribution < 1.29 is 31.1 Å². The molecule has 0 radical (unpaired) electrons. The molecular formula is C30H31F6N3O. The van der Waals surface area contributed by atoms with Crippen molar-refractivity contribution in [2.75, 3.05) is 31.2 Å². The maximum atomic E-state index is 15.1. The lowest BCUT2D eigenvalue weighted by molar-refractivity contribution is -0.178. The number of aromatic nitrogens is 2. The number of ether oxygens (including phenoxy) is 1. The maximum Gasteiger partial charge on any atom is 0.393 e. The average molecular weight is 564 g/mol. The van der Waals surface area contributed by atoms with Crippen LogP contribution in [0.2, 0.25) is 0 Å². The fraction of sp³-hybridized carbons (Fsp3) is 0.467. The Hall–Kier alpha value is -3.14. The van der Waals surface area contributed by atoms with Crippen molar-refractivity contribution in [2.45, 2.75) is 51.1 Å². The van der Waals surface area contributed by atoms with Gasteiger partial charge in [-0.2, -0.15) is 13.2 Å². The maximum absolute atomic E-state index is 15.1. The van der Waals surface area contributed by atoms with E-state index < -0.39 is 40.8 Å². The van der Waals surface area contributed by atoms with Crippen LogP contribution in [0, 0.1) is 29.3 Å². The number of rotatable bonds is 6. The Balaban J connectivity index is 1.36. The third-order valence-corrected chi connectivity index (χ3v) is 7.89. The van der Waals surface area contributed by atoms with Crippen molar-refractivity contribution in [3.05, 3.63) is 77.0 Å². The minimum Gasteiger partial charge on any atom is -0.381 e. The van der Waals surface area contributed by atoms with E-state index in [1.807, 2.05) is 6.92 Å². The first-order valence-electron chi connectivity index (χ1n) is 13.6. The number of hydrogen-bond acceptors (Lipinski definition) is 4. The second-order valence-electron chi connectivity index (χ2n) is 10.9. The molecule has 0 bridgehead atoms. The molecule has 0 aliphatic carbocycles. The van der Waals surface area contributed by atoms with Crippen LogP contribution in [0.5, 0.6) is 0 Å². The molecule has 1 aromatic carbocycles. The SMILES string of the molecule is C[C@H]1C[C@@H](C(F)(F)F)CN(c2ccncc2CCc2ccc(F)c(-c3c(F)cc(C4CCOCC4)cc3F)n2)C1. The lowest BCUT2D eigenvalue weighted by Gasteiger charge is -2.39. The first-order chi connectivity index (χ1) is 19.1. The normalized spacial score (nSPS) is 20.6. The summed E-state index contributed by atoms with van der Waals surface area (Å²) in [6, 6.07) is 6.78. The smallest absolute Gasteiger partial charge is 0.381 e. The first kappa shape index (κ1) is 28.4. The summed E-state index contributed by atoms with van der Waals surface area (Å²) in [5.41, 5.74) is 1.39. The number of benzene rings is 1. The molecule has 0 amide bonds. The molecule has 2 saturated heterocycles. The molecule has 40 heavy (non-hydrogen) atoms. The van der Waals surface area contributed by atoms with Crippen molar-refractivity contribution in [2.24, 2.45) is 11.8 Å². The summed E-state index contributed by atoms with van der Waals surface area (Å²) in [6.07, 6.45) is 0.917. The van der Waals surface area contributed by atoms with Gasteiger partial charge in [-0.15, -0.1) is 0 Å². The van der Waals surface area contributed by atoms with Crippen LogP contribution in [0.1, 0.15) is 48.9 Å². The molecule has 4 nitrogen and oxygen atoms in total. The highest BCUT2D eigenvalue weighted by Crippen LogP contribution is 2.38. The largest absolute Gasteiger partial charge is 0.393 e. The highest BCUT2D eigenvalue weighted by molar-refractivity contribution is 5.62. The van der Waals surface area contributed by atoms with Gasteiger partial charge in [-0.1, -0.05) is 6.92 Å². The van der Waals surface area contributed by atoms with Gasteiger partial charge in [-0.25, -0.2) is 18.2 Å². The van der Waals surface area contributed by atoms with Gasteiger partial charge in [0.1, 0.15) is 23.1 Å². The predicted molar refractivity (Wildman–Crippen MR) is 140 cm³/mol. The van der Waals surface area contributed by atoms with E-state index in [0.717, 1.165) is 11.6 Å². The number of anilines is 1. The number of aryl methyl sites for hydroxylation is 2. The van der Waals surface area contributed by atoms with Gasteiger partial charge in [0.25, 0.3) is 0 Å². The van der Waals surface area contributed by atoms with Crippen molar-refractivity contribution in [3.63, 3.8) is 0 Å². The van der Waals surface area contributed by atoms with Crippen LogP contribution in [-0.2, 0) is 17.6 Å². The zero-order chi connectivity index (χ0) is 28.4. The summed E-state index contributed by atoms with van der Waals surface area (Å²) >= 11 is 0. The first-order valence-corrected chi connectivity index (χ1v) is 13.6. The molecular weight excluding hydrogens is 532 g/mol. The van der Waals surface area contributed by atoms with Gasteiger partial charge in [0.05, 0.1) is 11.5 Å². The third-order valence-electron chi connectivity index (χ3n) is 7.89. The number of nitrogens with zero attached hydrogens (tertiary/aromatic N) is 3. The Morgan fingerprint density at radius 3 is 2.38 bits per heavy atom. The summed E-state index contributed by atoms with van der Waals surface area (Å²) in [6.45, 7) is 3.21. The van der Waals surface area contributed by atoms with Crippen LogP contribution in [0.25, 0.3) is 11.3 Å². The van der Waals surface area contributed by atoms with E-state index in [1.165, 1.54) is 18.2 Å². The third kappa shape index (κ3) is 6.27. The minimum absolute atomic E-state index is 0.0288. The van der Waals surface area contributed by atoms with Gasteiger partial charge in [0.15, 0.2) is 0 Å². The van der Waals surface area contributed by atoms with Crippen molar-refractivity contribution in [3.8, 4) is 11.3 Å². The molecule has 2 aliphatic heterocycles. The number of hydrogen-bond donors (Lipinski definition) is 0. The van der Waals surface area contributed by atoms with Crippen molar-refractivity contribution in [1.82, 2.24) is 9.97 Å². The summed E-state index contributed by atoms with van der Waals surface area (Å²) in [4.78, 5) is 10.2. The van der Waals surface area contributed by atoms with E-state index >= 15 is 8.78 Å². The van der Waals surface area contributed by atoms with E-state index in [9.17, 15) is 17.6 Å². The van der Waals surface area contributed by atoms with E-state index in [4.69, 9.17) is 4.74 Å². The molecule has 214 valence electrons. The quantitative estimate of drug-likeness (QED) is 0.296. The molecule has 2 aliphatic rings. The van der Waals surface area contributed by atoms with Crippen LogP contribution in [0.4, 0.5) is 32.0 Å². The second kappa shape index (κ2) is 11.8. The monoisotopic (exact) mass is 563 g/mol. The van der Waals surface area contributed by atoms with Gasteiger partial charge in [-0.3, -0.25) is 4.98 Å². The number of alkyl halides is 3. The molecule has 5 rings (SSSR count). The molecule has 0 unspecified atom stereocenters. The molecule has 2 aromatic heterocycles. The molecule has 4 heterocycles. The molecule has 3 aromatic rings. The average Bonchev–Trinajstić information content (AvgIpc) is 2.92. The second-order valence-corrected chi connectivity index (χ2v) is 10.9. The molecule has 0 spiro atoms. The van der Waals surface area contributed by atoms with Gasteiger partial charge in [0.2, 0.25) is 0 Å². The van der Waals surface area contributed by atoms with Crippen LogP contribution >= 0.6 is 0 Å². The summed E-state index contributed by atoms with van der Waals surface area (Å²) in [7, 11) is 0. The van der Waals surface area contributed by atoms with Crippen LogP contribution in [-0.4, -0.2) is 42.4 Å². The lowest BCUT2D eigenvalue weighted by atomic mass is 9.89. The van der Waals surface area contributed by atoms with Gasteiger partial charge in [0, 0.05) is 50.1 Å². The van der Waals surface area contributed by atoms with E-state index in [1.54, 1.807) is 23.4 Å². The van der Waals surface area contributed by atoms with Crippen LogP contribution in [0.3, 0.4) is 0 Å². The van der Waals surface area contributed by atoms with Gasteiger partial charge in [-0.05, 0) is 85.4 Å². The Labute approximate surface area is 229 Å². The molecule has 2 atom stereocenters. The summed E-state index contributed by atoms with van der Waals surface area (Å²) in [5, 5.41) is 0. The fourth-order valence-electron chi connectivity index (χ4n) is 5.85. The summed E-state index contributed by atoms with van der Waals surface area (Å²) in [5.74, 6) is -4.18. The van der Waals surface area contributed by atoms with Crippen LogP contribution in [0.15, 0.2) is 42.7 Å². The highest BCUT2D eigenvalue weighted by Gasteiger charge is 2.43. The lowest BCUT2D eigenvalue weighted by Crippen LogP contribution is -2.45. The molecule has 0 saturated carbocycles. The Morgan fingerprint density at radius 2 is 1.68 bits per heavy atom. The van der Waals surface area contributed by atoms with Crippen molar-refractivity contribution >= 4 is 5.69 Å². The topological polar surface area (TPSA) is 38.2 Å². The predicted octanol–water partition coefficient (Wildman–Crippen LogP) is 7.26. The molecule has 10 heteroatoms. The standard InChI is InChI=1S/C30H31F6N3O/c1-18-12-22(30(34,35)36)17-39(16-18)27-6-9-37-15-20(27)2-3-23-4-5-24(31)29(38-23)28-25(32)13-21(14-26(28)33)19-7-10-40-11-8-19/h4-6,9,13-15,18-19,22H,2-3,7-8,10-12,16-17H2,1H3/t18-,22+/m0/s1. The fourth-order valence-corrected chi connectivity index (χ4v) is 5.85. The van der Waals surface area contributed by atoms with Crippen molar-refractivity contribution in [1.29, 1.82) is 0 Å². The Morgan fingerprint density at radius 1 is 0.950 bits per heavy atom. The Bertz CT molecular complexity index is 1320. The van der Waals surface area contributed by atoms with E-state index in [2.05, 4.69) is 9.97 Å². The summed E-state index contributed by atoms with van der Waals surface area (Å²) < 4.78 is 91.0. The van der Waals surface area contributed by atoms with Crippen LogP contribution < -0.4 is 4.90 Å². The zero-order valence-electron chi connectivity index (χ0n) is 22.2. The number of piperidine rings is 1. The molecule has 2 fully saturated rings. The minimum atomic E-state index is -4.28. The zero-order valence-corrected chi connectivity index (χ0v) is 22.2. The highest BCUT2D eigenvalue weighted by atomic mass is 19.4. The van der Waals surface area contributed by atoms with Gasteiger partial charge >= 0.3 is 6.18 Å².